The van der Waals surface area contributed by atoms with E-state index in [0.29, 0.717) is 17.8 Å². The van der Waals surface area contributed by atoms with Crippen LogP contribution in [-0.4, -0.2) is 36.1 Å². The Balaban J connectivity index is 1.29. The van der Waals surface area contributed by atoms with Gasteiger partial charge in [-0.3, -0.25) is 0 Å². The van der Waals surface area contributed by atoms with Crippen LogP contribution in [0.15, 0.2) is 66.0 Å². The van der Waals surface area contributed by atoms with Gasteiger partial charge in [-0.15, -0.1) is 11.3 Å². The normalized spacial score (nSPS) is 19.7. The van der Waals surface area contributed by atoms with E-state index in [1.165, 1.54) is 16.9 Å². The number of hydrogen-bond donors (Lipinski definition) is 1. The van der Waals surface area contributed by atoms with Gasteiger partial charge in [0.05, 0.1) is 5.38 Å². The molecule has 2 aromatic carbocycles. The van der Waals surface area contributed by atoms with Gasteiger partial charge in [0.2, 0.25) is 5.88 Å². The van der Waals surface area contributed by atoms with Gasteiger partial charge in [-0.25, -0.2) is 9.78 Å². The zero-order valence-corrected chi connectivity index (χ0v) is 18.8. The van der Waals surface area contributed by atoms with Crippen LogP contribution in [0.1, 0.15) is 37.3 Å². The monoisotopic (exact) mass is 435 g/mol. The molecule has 5 nitrogen and oxygen atoms in total. The highest BCUT2D eigenvalue weighted by molar-refractivity contribution is 7.13. The molecule has 1 fully saturated rings. The maximum Gasteiger partial charge on any atom is 0.414 e. The maximum atomic E-state index is 12.4. The Kier molecular flexibility index (Phi) is 6.99. The van der Waals surface area contributed by atoms with Gasteiger partial charge in [0, 0.05) is 17.6 Å². The first-order valence-electron chi connectivity index (χ1n) is 10.8. The summed E-state index contributed by atoms with van der Waals surface area (Å²) in [5.74, 6) is 0.935. The lowest BCUT2D eigenvalue weighted by Gasteiger charge is -2.37. The number of hydrogen-bond acceptors (Lipinski definition) is 5. The van der Waals surface area contributed by atoms with Gasteiger partial charge < -0.3 is 15.0 Å². The lowest BCUT2D eigenvalue weighted by atomic mass is 9.79. The van der Waals surface area contributed by atoms with E-state index in [4.69, 9.17) is 4.74 Å². The first-order valence-corrected chi connectivity index (χ1v) is 11.7. The number of carbonyl (C=O) groups excluding carboxylic acids is 1. The van der Waals surface area contributed by atoms with E-state index in [1.807, 2.05) is 30.3 Å². The van der Waals surface area contributed by atoms with Crippen LogP contribution in [0.3, 0.4) is 0 Å². The summed E-state index contributed by atoms with van der Waals surface area (Å²) >= 11 is 1.47. The standard InChI is InChI=1S/C25H29N3O2S/c1-28(2)23(18-9-5-3-6-10-18)19-13-15-21(16-14-19)26-25(29)30-22-17-31-24(27-22)20-11-7-4-8-12-20/h3-12,17,19,21,23H,13-16H2,1-2H3,(H,26,29). The number of carbonyl (C=O) groups is 1. The second-order valence-electron chi connectivity index (χ2n) is 8.32. The minimum atomic E-state index is -0.416. The van der Waals surface area contributed by atoms with Gasteiger partial charge in [-0.1, -0.05) is 60.7 Å². The van der Waals surface area contributed by atoms with Gasteiger partial charge in [0.1, 0.15) is 5.01 Å². The van der Waals surface area contributed by atoms with Crippen LogP contribution in [-0.2, 0) is 0 Å². The fourth-order valence-corrected chi connectivity index (χ4v) is 5.26. The van der Waals surface area contributed by atoms with E-state index in [2.05, 4.69) is 59.6 Å². The predicted molar refractivity (Wildman–Crippen MR) is 125 cm³/mol. The Bertz CT molecular complexity index is 967. The highest BCUT2D eigenvalue weighted by Crippen LogP contribution is 2.37. The van der Waals surface area contributed by atoms with Crippen LogP contribution >= 0.6 is 11.3 Å². The molecule has 1 aliphatic carbocycles. The molecule has 1 atom stereocenters. The van der Waals surface area contributed by atoms with Crippen molar-refractivity contribution in [2.75, 3.05) is 14.1 Å². The van der Waals surface area contributed by atoms with Crippen molar-refractivity contribution in [2.45, 2.75) is 37.8 Å². The molecule has 1 saturated carbocycles. The zero-order chi connectivity index (χ0) is 21.6. The molecule has 0 bridgehead atoms. The molecule has 162 valence electrons. The molecule has 6 heteroatoms. The Labute approximate surface area is 188 Å². The molecule has 0 saturated heterocycles. The Hall–Kier alpha value is -2.70. The molecule has 4 rings (SSSR count). The fourth-order valence-electron chi connectivity index (χ4n) is 4.53. The van der Waals surface area contributed by atoms with Crippen LogP contribution < -0.4 is 10.1 Å². The molecule has 1 aromatic heterocycles. The summed E-state index contributed by atoms with van der Waals surface area (Å²) in [5, 5.41) is 5.66. The van der Waals surface area contributed by atoms with Crippen LogP contribution in [0.5, 0.6) is 5.88 Å². The lowest BCUT2D eigenvalue weighted by molar-refractivity contribution is 0.150. The van der Waals surface area contributed by atoms with Gasteiger partial charge in [0.25, 0.3) is 0 Å². The average Bonchev–Trinajstić information content (AvgIpc) is 3.24. The van der Waals surface area contributed by atoms with E-state index >= 15 is 0 Å². The number of ether oxygens (including phenoxy) is 1. The van der Waals surface area contributed by atoms with E-state index < -0.39 is 6.09 Å². The van der Waals surface area contributed by atoms with Crippen molar-refractivity contribution in [3.8, 4) is 16.5 Å². The van der Waals surface area contributed by atoms with E-state index in [-0.39, 0.29) is 6.04 Å². The van der Waals surface area contributed by atoms with Crippen LogP contribution in [0.25, 0.3) is 10.6 Å². The molecule has 1 heterocycles. The molecular formula is C25H29N3O2S. The summed E-state index contributed by atoms with van der Waals surface area (Å²) in [7, 11) is 4.30. The molecule has 1 N–H and O–H groups in total. The van der Waals surface area contributed by atoms with Gasteiger partial charge >= 0.3 is 6.09 Å². The molecule has 3 aromatic rings. The third-order valence-electron chi connectivity index (χ3n) is 5.94. The van der Waals surface area contributed by atoms with E-state index in [0.717, 1.165) is 36.3 Å². The molecule has 1 unspecified atom stereocenters. The summed E-state index contributed by atoms with van der Waals surface area (Å²) in [4.78, 5) is 19.1. The maximum absolute atomic E-state index is 12.4. The highest BCUT2D eigenvalue weighted by Gasteiger charge is 2.30. The SMILES string of the molecule is CN(C)C(c1ccccc1)C1CCC(NC(=O)Oc2csc(-c3ccccc3)n2)CC1. The van der Waals surface area contributed by atoms with Crippen molar-refractivity contribution < 1.29 is 9.53 Å². The van der Waals surface area contributed by atoms with Crippen LogP contribution in [0, 0.1) is 5.92 Å². The van der Waals surface area contributed by atoms with Crippen molar-refractivity contribution in [3.05, 3.63) is 71.6 Å². The van der Waals surface area contributed by atoms with E-state index in [1.54, 1.807) is 5.38 Å². The largest absolute Gasteiger partial charge is 0.414 e. The number of benzene rings is 2. The van der Waals surface area contributed by atoms with Gasteiger partial charge in [-0.2, -0.15) is 0 Å². The summed E-state index contributed by atoms with van der Waals surface area (Å²) in [6, 6.07) is 21.2. The Morgan fingerprint density at radius 2 is 1.68 bits per heavy atom. The number of rotatable bonds is 6. The van der Waals surface area contributed by atoms with Crippen molar-refractivity contribution >= 4 is 17.4 Å². The van der Waals surface area contributed by atoms with E-state index in [9.17, 15) is 4.79 Å². The molecule has 31 heavy (non-hydrogen) atoms. The molecule has 0 spiro atoms. The number of amides is 1. The third kappa shape index (κ3) is 5.51. The Morgan fingerprint density at radius 3 is 2.32 bits per heavy atom. The summed E-state index contributed by atoms with van der Waals surface area (Å²) in [6.45, 7) is 0. The number of aromatic nitrogens is 1. The molecule has 1 amide bonds. The van der Waals surface area contributed by atoms with Gasteiger partial charge in [-0.05, 0) is 51.3 Å². The second-order valence-corrected chi connectivity index (χ2v) is 9.18. The van der Waals surface area contributed by atoms with Crippen molar-refractivity contribution in [2.24, 2.45) is 5.92 Å². The molecular weight excluding hydrogens is 406 g/mol. The topological polar surface area (TPSA) is 54.5 Å². The van der Waals surface area contributed by atoms with Crippen LogP contribution in [0.4, 0.5) is 4.79 Å². The predicted octanol–water partition coefficient (Wildman–Crippen LogP) is 5.76. The summed E-state index contributed by atoms with van der Waals surface area (Å²) < 4.78 is 5.44. The van der Waals surface area contributed by atoms with Crippen molar-refractivity contribution in [1.82, 2.24) is 15.2 Å². The fraction of sp³-hybridized carbons (Fsp3) is 0.360. The first-order chi connectivity index (χ1) is 15.1. The first kappa shape index (κ1) is 21.5. The molecule has 0 aliphatic heterocycles. The quantitative estimate of drug-likeness (QED) is 0.535. The third-order valence-corrected chi connectivity index (χ3v) is 6.81. The molecule has 1 aliphatic rings. The van der Waals surface area contributed by atoms with Crippen LogP contribution in [0.2, 0.25) is 0 Å². The minimum Gasteiger partial charge on any atom is -0.390 e. The zero-order valence-electron chi connectivity index (χ0n) is 18.0. The summed E-state index contributed by atoms with van der Waals surface area (Å²) in [6.07, 6.45) is 3.67. The number of nitrogens with zero attached hydrogens (tertiary/aromatic N) is 2. The van der Waals surface area contributed by atoms with Crippen molar-refractivity contribution in [1.29, 1.82) is 0 Å². The Morgan fingerprint density at radius 1 is 1.03 bits per heavy atom. The second kappa shape index (κ2) is 10.1. The highest BCUT2D eigenvalue weighted by atomic mass is 32.1. The molecule has 0 radical (unpaired) electrons. The minimum absolute atomic E-state index is 0.148. The smallest absolute Gasteiger partial charge is 0.390 e. The average molecular weight is 436 g/mol. The van der Waals surface area contributed by atoms with Crippen molar-refractivity contribution in [3.63, 3.8) is 0 Å². The van der Waals surface area contributed by atoms with Gasteiger partial charge in [0.15, 0.2) is 0 Å². The lowest BCUT2D eigenvalue weighted by Crippen LogP contribution is -2.41. The summed E-state index contributed by atoms with van der Waals surface area (Å²) in [5.41, 5.74) is 2.39. The number of thiazole rings is 1. The number of nitrogens with one attached hydrogen (secondary N) is 1.